The largest absolute Gasteiger partial charge is 0.497 e. The topological polar surface area (TPSA) is 192 Å². The third-order valence-corrected chi connectivity index (χ3v) is 14.8. The van der Waals surface area contributed by atoms with Gasteiger partial charge >= 0.3 is 12.3 Å². The van der Waals surface area contributed by atoms with Crippen molar-refractivity contribution in [3.8, 4) is 28.6 Å². The fraction of sp³-hybridized carbons (Fsp3) is 0.533. The molecule has 20 heteroatoms. The second-order valence-electron chi connectivity index (χ2n) is 18.0. The van der Waals surface area contributed by atoms with Gasteiger partial charge < -0.3 is 34.5 Å². The fourth-order valence-corrected chi connectivity index (χ4v) is 10.1. The second-order valence-corrected chi connectivity index (χ2v) is 20.4. The van der Waals surface area contributed by atoms with Gasteiger partial charge in [0, 0.05) is 23.3 Å². The van der Waals surface area contributed by atoms with Gasteiger partial charge in [0.25, 0.3) is 5.91 Å². The van der Waals surface area contributed by atoms with Gasteiger partial charge in [-0.3, -0.25) is 19.1 Å². The van der Waals surface area contributed by atoms with E-state index < -0.39 is 86.4 Å². The van der Waals surface area contributed by atoms with Crippen molar-refractivity contribution in [3.05, 3.63) is 59.6 Å². The average molecular weight is 948 g/mol. The normalized spacial score (nSPS) is 26.5. The molecule has 2 saturated carbocycles. The van der Waals surface area contributed by atoms with Gasteiger partial charge in [-0.25, -0.2) is 18.2 Å². The summed E-state index contributed by atoms with van der Waals surface area (Å²) < 4.78 is 92.0. The Labute approximate surface area is 380 Å². The van der Waals surface area contributed by atoms with Gasteiger partial charge in [0.05, 0.1) is 36.7 Å². The highest BCUT2D eigenvalue weighted by Crippen LogP contribution is 2.46. The number of ether oxygens (including phenoxy) is 4. The molecule has 0 unspecified atom stereocenters. The minimum atomic E-state index is -4.94. The molecule has 15 nitrogen and oxygen atoms in total. The van der Waals surface area contributed by atoms with Crippen molar-refractivity contribution in [1.82, 2.24) is 25.2 Å². The Morgan fingerprint density at radius 2 is 1.74 bits per heavy atom. The van der Waals surface area contributed by atoms with Crippen LogP contribution in [0.5, 0.6) is 17.4 Å². The molecule has 65 heavy (non-hydrogen) atoms. The molecule has 2 aliphatic carbocycles. The first-order valence-corrected chi connectivity index (χ1v) is 23.4. The number of pyridine rings is 1. The van der Waals surface area contributed by atoms with Crippen molar-refractivity contribution in [2.75, 3.05) is 20.8 Å². The molecule has 3 fully saturated rings. The third kappa shape index (κ3) is 10.2. The molecule has 1 saturated heterocycles. The standard InChI is InChI=1S/C45H53ClF3N5O10S/c1-24-9-7-8-10-28-22-44(28,41(57)53-65(59,60)31-13-14-31)52-38(55)35-21-30(23-54(35)40(56)37(25(2)17-24)51-42(58)64-43(3,4)45(47,48)49)63-39-32-15-12-29(61-5)18-27(32)20-34(50-39)26-11-16-36(62-6)33(46)19-26/h8,10-12,15-16,18-20,24-25,28,30-31,35,37H,7,9,13-14,17,21-23H2,1-6H3,(H,51,58)(H,52,55)(H,53,57)/t24-,25+,28+,30+,35-,37-,44+/m0/s1. The number of alkyl halides is 3. The van der Waals surface area contributed by atoms with Crippen molar-refractivity contribution in [2.45, 2.75) is 113 Å². The summed E-state index contributed by atoms with van der Waals surface area (Å²) in [4.78, 5) is 62.9. The van der Waals surface area contributed by atoms with Gasteiger partial charge in [-0.2, -0.15) is 13.2 Å². The van der Waals surface area contributed by atoms with E-state index in [1.807, 2.05) is 19.1 Å². The van der Waals surface area contributed by atoms with Crippen LogP contribution in [0.2, 0.25) is 5.02 Å². The van der Waals surface area contributed by atoms with E-state index >= 15 is 0 Å². The van der Waals surface area contributed by atoms with Crippen LogP contribution in [0.3, 0.4) is 0 Å². The Morgan fingerprint density at radius 3 is 2.40 bits per heavy atom. The number of fused-ring (bicyclic) bond motifs is 3. The number of nitrogens with zero attached hydrogens (tertiary/aromatic N) is 2. The maximum atomic E-state index is 15.0. The quantitative estimate of drug-likeness (QED) is 0.180. The van der Waals surface area contributed by atoms with Crippen molar-refractivity contribution in [3.63, 3.8) is 0 Å². The van der Waals surface area contributed by atoms with E-state index in [1.165, 1.54) is 19.1 Å². The van der Waals surface area contributed by atoms with Gasteiger partial charge in [0.2, 0.25) is 33.3 Å². The molecular formula is C45H53ClF3N5O10S. The van der Waals surface area contributed by atoms with Crippen LogP contribution < -0.4 is 29.6 Å². The maximum absolute atomic E-state index is 15.0. The first-order chi connectivity index (χ1) is 30.5. The molecule has 3 aromatic rings. The highest BCUT2D eigenvalue weighted by molar-refractivity contribution is 7.91. The zero-order chi connectivity index (χ0) is 47.2. The number of sulfonamides is 1. The first-order valence-electron chi connectivity index (χ1n) is 21.5. The molecule has 7 atom stereocenters. The molecule has 2 aliphatic heterocycles. The number of hydrogen-bond donors (Lipinski definition) is 3. The van der Waals surface area contributed by atoms with Gasteiger partial charge in [-0.05, 0) is 112 Å². The number of halogens is 4. The summed E-state index contributed by atoms with van der Waals surface area (Å²) in [5, 5.41) is 6.01. The summed E-state index contributed by atoms with van der Waals surface area (Å²) >= 11 is 6.50. The lowest BCUT2D eigenvalue weighted by Crippen LogP contribution is -2.59. The number of nitrogens with one attached hydrogen (secondary N) is 3. The highest BCUT2D eigenvalue weighted by Gasteiger charge is 2.62. The highest BCUT2D eigenvalue weighted by atomic mass is 35.5. The second kappa shape index (κ2) is 18.2. The zero-order valence-electron chi connectivity index (χ0n) is 36.8. The Bertz CT molecular complexity index is 2500. The van der Waals surface area contributed by atoms with E-state index in [1.54, 1.807) is 49.4 Å². The van der Waals surface area contributed by atoms with E-state index in [2.05, 4.69) is 15.4 Å². The van der Waals surface area contributed by atoms with Crippen molar-refractivity contribution in [2.24, 2.45) is 17.8 Å². The van der Waals surface area contributed by atoms with E-state index in [0.717, 1.165) is 0 Å². The number of alkyl carbamates (subject to hydrolysis) is 1. The van der Waals surface area contributed by atoms with E-state index in [9.17, 15) is 40.8 Å². The molecule has 2 aromatic carbocycles. The molecule has 3 N–H and O–H groups in total. The van der Waals surface area contributed by atoms with Crippen LogP contribution in [0, 0.1) is 17.8 Å². The minimum Gasteiger partial charge on any atom is -0.497 e. The van der Waals surface area contributed by atoms with Gasteiger partial charge in [-0.15, -0.1) is 0 Å². The number of allylic oxidation sites excluding steroid dienone is 1. The van der Waals surface area contributed by atoms with E-state index in [0.29, 0.717) is 84.5 Å². The molecule has 1 aromatic heterocycles. The molecule has 7 rings (SSSR count). The van der Waals surface area contributed by atoms with Crippen LogP contribution in [-0.2, 0) is 29.1 Å². The molecule has 0 spiro atoms. The zero-order valence-corrected chi connectivity index (χ0v) is 38.4. The van der Waals surface area contributed by atoms with Crippen LogP contribution in [0.4, 0.5) is 18.0 Å². The molecule has 4 aliphatic rings. The van der Waals surface area contributed by atoms with Crippen LogP contribution >= 0.6 is 11.6 Å². The molecule has 0 radical (unpaired) electrons. The monoisotopic (exact) mass is 947 g/mol. The Morgan fingerprint density at radius 1 is 1.00 bits per heavy atom. The average Bonchev–Trinajstić information content (AvgIpc) is 4.17. The van der Waals surface area contributed by atoms with Gasteiger partial charge in [0.15, 0.2) is 0 Å². The predicted octanol–water partition coefficient (Wildman–Crippen LogP) is 6.85. The predicted molar refractivity (Wildman–Crippen MR) is 234 cm³/mol. The van der Waals surface area contributed by atoms with Crippen LogP contribution in [0.15, 0.2) is 54.6 Å². The van der Waals surface area contributed by atoms with Crippen LogP contribution in [-0.4, -0.2) is 104 Å². The number of amides is 4. The molecule has 4 amide bonds. The minimum absolute atomic E-state index is 0.0634. The number of aromatic nitrogens is 1. The Hall–Kier alpha value is -5.30. The lowest BCUT2D eigenvalue weighted by atomic mass is 9.88. The summed E-state index contributed by atoms with van der Waals surface area (Å²) in [7, 11) is -1.01. The number of benzene rings is 2. The number of rotatable bonds is 10. The maximum Gasteiger partial charge on any atom is 0.427 e. The van der Waals surface area contributed by atoms with Crippen LogP contribution in [0.1, 0.15) is 72.6 Å². The summed E-state index contributed by atoms with van der Waals surface area (Å²) in [5.41, 5.74) is -3.53. The summed E-state index contributed by atoms with van der Waals surface area (Å²) in [6.45, 7) is 4.72. The summed E-state index contributed by atoms with van der Waals surface area (Å²) in [6, 6.07) is 9.30. The molecule has 3 heterocycles. The molecule has 0 bridgehead atoms. The number of carbonyl (C=O) groups is 4. The third-order valence-electron chi connectivity index (χ3n) is 12.6. The van der Waals surface area contributed by atoms with Crippen molar-refractivity contribution in [1.29, 1.82) is 0 Å². The summed E-state index contributed by atoms with van der Waals surface area (Å²) in [6.07, 6.45) is -1.58. The summed E-state index contributed by atoms with van der Waals surface area (Å²) in [5.74, 6) is -2.73. The van der Waals surface area contributed by atoms with Gasteiger partial charge in [-0.1, -0.05) is 37.6 Å². The lowest BCUT2D eigenvalue weighted by Gasteiger charge is -2.34. The Balaban J connectivity index is 1.27. The van der Waals surface area contributed by atoms with Crippen molar-refractivity contribution < 1.29 is 59.7 Å². The number of carbonyl (C=O) groups excluding carboxylic acids is 4. The van der Waals surface area contributed by atoms with Crippen molar-refractivity contribution >= 4 is 56.2 Å². The lowest BCUT2D eigenvalue weighted by molar-refractivity contribution is -0.244. The number of hydrogen-bond acceptors (Lipinski definition) is 11. The van der Waals surface area contributed by atoms with Gasteiger partial charge in [0.1, 0.15) is 35.2 Å². The smallest absolute Gasteiger partial charge is 0.427 e. The molecule has 352 valence electrons. The SMILES string of the molecule is COc1ccc2c(O[C@@H]3C[C@H]4C(=O)N[C@]5(C(=O)NS(=O)(=O)C6CC6)C[C@H]5C=CCC[C@H](C)C[C@@H](C)[C@H](NC(=O)OC(C)(C)C(F)(F)F)C(=O)N4C3)nc(-c3ccc(OC)c(Cl)c3)cc2c1. The van der Waals surface area contributed by atoms with Crippen LogP contribution in [0.25, 0.3) is 22.0 Å². The Kier molecular flexibility index (Phi) is 13.3. The first kappa shape index (κ1) is 47.7. The van der Waals surface area contributed by atoms with E-state index in [4.69, 9.17) is 35.5 Å². The number of methoxy groups -OCH3 is 2. The van der Waals surface area contributed by atoms with E-state index in [-0.39, 0.29) is 31.2 Å². The fourth-order valence-electron chi connectivity index (χ4n) is 8.50. The molecular weight excluding hydrogens is 895 g/mol.